The maximum absolute atomic E-state index is 5.90. The van der Waals surface area contributed by atoms with Crippen LogP contribution in [0, 0.1) is 20.8 Å². The summed E-state index contributed by atoms with van der Waals surface area (Å²) in [6, 6.07) is 10.3. The topological polar surface area (TPSA) is 26.0 Å². The van der Waals surface area contributed by atoms with Gasteiger partial charge in [0.2, 0.25) is 5.89 Å². The number of aryl methyl sites for hydroxylation is 3. The summed E-state index contributed by atoms with van der Waals surface area (Å²) in [4.78, 5) is 4.59. The highest BCUT2D eigenvalue weighted by molar-refractivity contribution is 9.10. The molecule has 96 valence electrons. The van der Waals surface area contributed by atoms with Crippen LogP contribution in [0.2, 0.25) is 0 Å². The maximum atomic E-state index is 5.90. The number of fused-ring (bicyclic) bond motifs is 1. The highest BCUT2D eigenvalue weighted by atomic mass is 79.9. The van der Waals surface area contributed by atoms with Crippen molar-refractivity contribution in [3.63, 3.8) is 0 Å². The van der Waals surface area contributed by atoms with Crippen molar-refractivity contribution in [3.05, 3.63) is 51.5 Å². The number of rotatable bonds is 1. The summed E-state index contributed by atoms with van der Waals surface area (Å²) in [6.07, 6.45) is 0. The number of nitrogens with zero attached hydrogens (tertiary/aromatic N) is 1. The van der Waals surface area contributed by atoms with E-state index in [9.17, 15) is 0 Å². The van der Waals surface area contributed by atoms with Gasteiger partial charge in [0.05, 0.1) is 0 Å². The zero-order valence-electron chi connectivity index (χ0n) is 11.1. The molecular weight excluding hydrogens is 302 g/mol. The summed E-state index contributed by atoms with van der Waals surface area (Å²) in [6.45, 7) is 6.19. The Labute approximate surface area is 120 Å². The molecule has 0 unspecified atom stereocenters. The van der Waals surface area contributed by atoms with Gasteiger partial charge in [-0.25, -0.2) is 4.98 Å². The van der Waals surface area contributed by atoms with E-state index in [0.29, 0.717) is 5.89 Å². The molecule has 0 atom stereocenters. The molecule has 2 nitrogen and oxygen atoms in total. The molecule has 0 fully saturated rings. The fraction of sp³-hybridized carbons (Fsp3) is 0.188. The average molecular weight is 316 g/mol. The number of oxazole rings is 1. The van der Waals surface area contributed by atoms with E-state index in [0.717, 1.165) is 26.7 Å². The van der Waals surface area contributed by atoms with Crippen molar-refractivity contribution < 1.29 is 4.42 Å². The fourth-order valence-corrected chi connectivity index (χ4v) is 2.60. The molecule has 0 radical (unpaired) electrons. The molecule has 0 spiro atoms. The van der Waals surface area contributed by atoms with Crippen LogP contribution in [-0.2, 0) is 0 Å². The van der Waals surface area contributed by atoms with Crippen LogP contribution in [0.5, 0.6) is 0 Å². The van der Waals surface area contributed by atoms with Gasteiger partial charge in [-0.3, -0.25) is 0 Å². The first kappa shape index (κ1) is 12.4. The van der Waals surface area contributed by atoms with E-state index < -0.39 is 0 Å². The molecule has 19 heavy (non-hydrogen) atoms. The third-order valence-corrected chi connectivity index (χ3v) is 4.09. The second-order valence-corrected chi connectivity index (χ2v) is 5.77. The lowest BCUT2D eigenvalue weighted by Crippen LogP contribution is -1.80. The van der Waals surface area contributed by atoms with Crippen LogP contribution in [0.1, 0.15) is 16.7 Å². The van der Waals surface area contributed by atoms with Gasteiger partial charge in [0.25, 0.3) is 0 Å². The van der Waals surface area contributed by atoms with E-state index in [2.05, 4.69) is 59.9 Å². The highest BCUT2D eigenvalue weighted by Gasteiger charge is 2.11. The molecule has 1 heterocycles. The predicted octanol–water partition coefficient (Wildman–Crippen LogP) is 5.18. The summed E-state index contributed by atoms with van der Waals surface area (Å²) in [5.41, 5.74) is 6.31. The van der Waals surface area contributed by atoms with Crippen LogP contribution in [0.25, 0.3) is 22.6 Å². The Morgan fingerprint density at radius 2 is 1.79 bits per heavy atom. The molecule has 0 aliphatic carbocycles. The lowest BCUT2D eigenvalue weighted by Gasteiger charge is -1.99. The van der Waals surface area contributed by atoms with Crippen molar-refractivity contribution in [2.24, 2.45) is 0 Å². The monoisotopic (exact) mass is 315 g/mol. The second kappa shape index (κ2) is 4.49. The molecule has 3 rings (SSSR count). The largest absolute Gasteiger partial charge is 0.436 e. The minimum Gasteiger partial charge on any atom is -0.436 e. The van der Waals surface area contributed by atoms with Crippen LogP contribution in [0.3, 0.4) is 0 Å². The maximum Gasteiger partial charge on any atom is 0.227 e. The number of benzene rings is 2. The van der Waals surface area contributed by atoms with Gasteiger partial charge in [0.15, 0.2) is 5.58 Å². The number of hydrogen-bond donors (Lipinski definition) is 0. The first-order valence-corrected chi connectivity index (χ1v) is 6.98. The molecule has 0 aliphatic heterocycles. The molecular formula is C16H14BrNO. The molecule has 3 aromatic rings. The third-order valence-electron chi connectivity index (χ3n) is 3.24. The molecule has 0 bridgehead atoms. The Hall–Kier alpha value is -1.61. The van der Waals surface area contributed by atoms with Crippen LogP contribution in [-0.4, -0.2) is 4.98 Å². The van der Waals surface area contributed by atoms with Gasteiger partial charge in [-0.2, -0.15) is 0 Å². The zero-order valence-corrected chi connectivity index (χ0v) is 12.7. The van der Waals surface area contributed by atoms with Crippen molar-refractivity contribution in [1.82, 2.24) is 4.98 Å². The van der Waals surface area contributed by atoms with Gasteiger partial charge >= 0.3 is 0 Å². The van der Waals surface area contributed by atoms with Crippen LogP contribution >= 0.6 is 15.9 Å². The normalized spacial score (nSPS) is 11.2. The molecule has 0 saturated heterocycles. The van der Waals surface area contributed by atoms with Crippen molar-refractivity contribution in [2.45, 2.75) is 20.8 Å². The SMILES string of the molecule is Cc1cc(C)c2oc(-c3ccc(C)c(Br)c3)nc2c1. The summed E-state index contributed by atoms with van der Waals surface area (Å²) in [5, 5.41) is 0. The minimum absolute atomic E-state index is 0.671. The quantitative estimate of drug-likeness (QED) is 0.618. The Balaban J connectivity index is 2.20. The summed E-state index contributed by atoms with van der Waals surface area (Å²) < 4.78 is 6.97. The lowest BCUT2D eigenvalue weighted by molar-refractivity contribution is 0.617. The number of hydrogen-bond acceptors (Lipinski definition) is 2. The van der Waals surface area contributed by atoms with Crippen molar-refractivity contribution >= 4 is 27.0 Å². The van der Waals surface area contributed by atoms with E-state index in [-0.39, 0.29) is 0 Å². The van der Waals surface area contributed by atoms with E-state index in [1.165, 1.54) is 11.1 Å². The van der Waals surface area contributed by atoms with Gasteiger partial charge in [-0.05, 0) is 55.7 Å². The Morgan fingerprint density at radius 1 is 1.00 bits per heavy atom. The van der Waals surface area contributed by atoms with Gasteiger partial charge < -0.3 is 4.42 Å². The molecule has 0 N–H and O–H groups in total. The summed E-state index contributed by atoms with van der Waals surface area (Å²) >= 11 is 3.54. The van der Waals surface area contributed by atoms with Crippen molar-refractivity contribution in [3.8, 4) is 11.5 Å². The first-order chi connectivity index (χ1) is 9.04. The van der Waals surface area contributed by atoms with Gasteiger partial charge in [-0.15, -0.1) is 0 Å². The van der Waals surface area contributed by atoms with Crippen LogP contribution in [0.15, 0.2) is 39.2 Å². The summed E-state index contributed by atoms with van der Waals surface area (Å²) in [7, 11) is 0. The van der Waals surface area contributed by atoms with E-state index in [1.807, 2.05) is 12.1 Å². The molecule has 3 heteroatoms. The highest BCUT2D eigenvalue weighted by Crippen LogP contribution is 2.29. The van der Waals surface area contributed by atoms with Gasteiger partial charge in [0, 0.05) is 10.0 Å². The van der Waals surface area contributed by atoms with Crippen molar-refractivity contribution in [1.29, 1.82) is 0 Å². The average Bonchev–Trinajstić information content (AvgIpc) is 2.76. The van der Waals surface area contributed by atoms with Gasteiger partial charge in [0.1, 0.15) is 5.52 Å². The lowest BCUT2D eigenvalue weighted by atomic mass is 10.1. The molecule has 2 aromatic carbocycles. The third kappa shape index (κ3) is 2.19. The Kier molecular flexibility index (Phi) is 2.94. The number of halogens is 1. The summed E-state index contributed by atoms with van der Waals surface area (Å²) in [5.74, 6) is 0.671. The van der Waals surface area contributed by atoms with E-state index >= 15 is 0 Å². The van der Waals surface area contributed by atoms with Crippen LogP contribution in [0.4, 0.5) is 0 Å². The predicted molar refractivity (Wildman–Crippen MR) is 81.4 cm³/mol. The minimum atomic E-state index is 0.671. The number of aromatic nitrogens is 1. The Bertz CT molecular complexity index is 774. The van der Waals surface area contributed by atoms with E-state index in [1.54, 1.807) is 0 Å². The molecule has 1 aromatic heterocycles. The second-order valence-electron chi connectivity index (χ2n) is 4.91. The van der Waals surface area contributed by atoms with Crippen molar-refractivity contribution in [2.75, 3.05) is 0 Å². The smallest absolute Gasteiger partial charge is 0.227 e. The Morgan fingerprint density at radius 3 is 2.53 bits per heavy atom. The van der Waals surface area contributed by atoms with Gasteiger partial charge in [-0.1, -0.05) is 28.1 Å². The molecule has 0 aliphatic rings. The fourth-order valence-electron chi connectivity index (χ4n) is 2.23. The van der Waals surface area contributed by atoms with E-state index in [4.69, 9.17) is 4.42 Å². The molecule has 0 saturated carbocycles. The zero-order chi connectivity index (χ0) is 13.6. The standard InChI is InChI=1S/C16H14BrNO/c1-9-6-11(3)15-14(7-9)18-16(19-15)12-5-4-10(2)13(17)8-12/h4-8H,1-3H3. The first-order valence-electron chi connectivity index (χ1n) is 6.19. The van der Waals surface area contributed by atoms with Crippen LogP contribution < -0.4 is 0 Å². The molecule has 0 amide bonds.